The first-order valence-corrected chi connectivity index (χ1v) is 13.6. The van der Waals surface area contributed by atoms with E-state index >= 15 is 0 Å². The minimum absolute atomic E-state index is 0.0521. The zero-order chi connectivity index (χ0) is 23.3. The van der Waals surface area contributed by atoms with Crippen molar-refractivity contribution in [3.05, 3.63) is 35.9 Å². The van der Waals surface area contributed by atoms with Gasteiger partial charge in [-0.25, -0.2) is 0 Å². The van der Waals surface area contributed by atoms with Gasteiger partial charge in [0.2, 0.25) is 0 Å². The Kier molecular flexibility index (Phi) is 6.35. The van der Waals surface area contributed by atoms with Crippen LogP contribution in [-0.2, 0) is 34.5 Å². The van der Waals surface area contributed by atoms with Crippen LogP contribution in [0.2, 0.25) is 10.1 Å². The van der Waals surface area contributed by atoms with Gasteiger partial charge in [0.25, 0.3) is 0 Å². The van der Waals surface area contributed by atoms with Crippen LogP contribution in [0.5, 0.6) is 0 Å². The molecule has 1 aliphatic carbocycles. The van der Waals surface area contributed by atoms with E-state index in [1.54, 1.807) is 0 Å². The molecule has 1 saturated carbocycles. The Hall–Kier alpha value is -1.25. The molecule has 0 amide bonds. The third kappa shape index (κ3) is 4.07. The van der Waals surface area contributed by atoms with E-state index in [4.69, 9.17) is 23.1 Å². The third-order valence-electron chi connectivity index (χ3n) is 6.98. The number of hydrogen-bond acceptors (Lipinski definition) is 6. The van der Waals surface area contributed by atoms with Crippen LogP contribution in [0.1, 0.15) is 54.0 Å². The van der Waals surface area contributed by atoms with E-state index in [0.29, 0.717) is 19.8 Å². The molecule has 0 N–H and O–H groups in total. The number of fused-ring (bicyclic) bond motifs is 2. The number of benzene rings is 1. The van der Waals surface area contributed by atoms with Crippen LogP contribution >= 0.6 is 0 Å². The predicted octanol–water partition coefficient (Wildman–Crippen LogP) is 4.61. The topological polar surface area (TPSA) is 63.2 Å². The molecule has 3 aliphatic rings. The quantitative estimate of drug-likeness (QED) is 0.470. The van der Waals surface area contributed by atoms with Gasteiger partial charge in [-0.2, -0.15) is 0 Å². The molecule has 6 atom stereocenters. The molecule has 2 heterocycles. The molecule has 7 heteroatoms. The highest BCUT2D eigenvalue weighted by Crippen LogP contribution is 2.59. The highest BCUT2D eigenvalue weighted by molar-refractivity contribution is 6.73. The summed E-state index contributed by atoms with van der Waals surface area (Å²) in [6, 6.07) is 10.1. The van der Waals surface area contributed by atoms with Gasteiger partial charge in [0.15, 0.2) is 0 Å². The first-order valence-electron chi connectivity index (χ1n) is 11.8. The lowest BCUT2D eigenvalue weighted by molar-refractivity contribution is -0.195. The number of carbonyl (C=O) groups excluding carboxylic acids is 1. The number of carbonyl (C=O) groups is 1. The van der Waals surface area contributed by atoms with E-state index in [0.717, 1.165) is 5.56 Å². The number of ether oxygens (including phenoxy) is 3. The van der Waals surface area contributed by atoms with Crippen molar-refractivity contribution in [1.82, 2.24) is 0 Å². The maximum Gasteiger partial charge on any atom is 0.349 e. The Morgan fingerprint density at radius 1 is 1.06 bits per heavy atom. The van der Waals surface area contributed by atoms with Crippen molar-refractivity contribution in [2.24, 2.45) is 11.8 Å². The molecule has 0 spiro atoms. The van der Waals surface area contributed by atoms with Gasteiger partial charge in [0.05, 0.1) is 37.9 Å². The highest BCUT2D eigenvalue weighted by Gasteiger charge is 2.71. The lowest BCUT2D eigenvalue weighted by atomic mass is 10.0. The first-order chi connectivity index (χ1) is 15.0. The van der Waals surface area contributed by atoms with Crippen LogP contribution in [0.25, 0.3) is 0 Å². The van der Waals surface area contributed by atoms with Crippen molar-refractivity contribution in [2.45, 2.75) is 89.6 Å². The standard InChI is InChI=1S/C25H38O6Si/c1-8-27-23(26)19-18-21(19)30-17-15-29-32(24(2,3)4,25(5,6)7)31-20(17)22(18)28-14-16-12-10-9-11-13-16/h9-13,17-22H,8,14-15H2,1-7H3/t17-,18+,19?,20-,21+,22-/m1/s1. The second-order valence-electron chi connectivity index (χ2n) is 11.3. The van der Waals surface area contributed by atoms with Gasteiger partial charge in [-0.3, -0.25) is 4.79 Å². The first kappa shape index (κ1) is 23.9. The summed E-state index contributed by atoms with van der Waals surface area (Å²) in [5.74, 6) is -0.556. The summed E-state index contributed by atoms with van der Waals surface area (Å²) in [6.45, 7) is 16.4. The molecule has 1 aromatic rings. The number of hydrogen-bond donors (Lipinski definition) is 0. The predicted molar refractivity (Wildman–Crippen MR) is 123 cm³/mol. The van der Waals surface area contributed by atoms with Gasteiger partial charge in [-0.15, -0.1) is 0 Å². The maximum absolute atomic E-state index is 12.6. The summed E-state index contributed by atoms with van der Waals surface area (Å²) in [5.41, 5.74) is 1.10. The lowest BCUT2D eigenvalue weighted by Gasteiger charge is -2.56. The summed E-state index contributed by atoms with van der Waals surface area (Å²) in [4.78, 5) is 12.6. The van der Waals surface area contributed by atoms with E-state index < -0.39 is 8.56 Å². The SMILES string of the molecule is CCOC(=O)C1[C@@H]2[C@@H](OCc3ccccc3)[C@@H]3O[Si](C(C)(C)C)(C(C)(C)C)OC[C@H]3O[C@H]12. The zero-order valence-corrected chi connectivity index (χ0v) is 21.4. The second kappa shape index (κ2) is 8.51. The lowest BCUT2D eigenvalue weighted by Crippen LogP contribution is -2.68. The molecule has 0 bridgehead atoms. The average Bonchev–Trinajstić information content (AvgIpc) is 3.44. The van der Waals surface area contributed by atoms with Crippen molar-refractivity contribution < 1.29 is 27.9 Å². The van der Waals surface area contributed by atoms with Crippen molar-refractivity contribution in [3.8, 4) is 0 Å². The third-order valence-corrected chi connectivity index (χ3v) is 12.1. The van der Waals surface area contributed by atoms with Crippen LogP contribution in [0, 0.1) is 11.8 Å². The fourth-order valence-electron chi connectivity index (χ4n) is 5.70. The Bertz CT molecular complexity index is 800. The fourth-order valence-corrected chi connectivity index (χ4v) is 10.7. The summed E-state index contributed by atoms with van der Waals surface area (Å²) in [5, 5.41) is -0.276. The van der Waals surface area contributed by atoms with E-state index in [-0.39, 0.29) is 52.3 Å². The minimum atomic E-state index is -2.70. The smallest absolute Gasteiger partial charge is 0.349 e. The second-order valence-corrected chi connectivity index (χ2v) is 16.0. The molecule has 2 aliphatic heterocycles. The monoisotopic (exact) mass is 462 g/mol. The molecule has 3 fully saturated rings. The van der Waals surface area contributed by atoms with Crippen LogP contribution in [0.4, 0.5) is 0 Å². The molecule has 0 aromatic heterocycles. The molecule has 2 saturated heterocycles. The van der Waals surface area contributed by atoms with E-state index in [1.165, 1.54) is 0 Å². The molecular weight excluding hydrogens is 424 g/mol. The molecule has 178 valence electrons. The largest absolute Gasteiger partial charge is 0.466 e. The number of esters is 1. The minimum Gasteiger partial charge on any atom is -0.466 e. The average molecular weight is 463 g/mol. The van der Waals surface area contributed by atoms with Crippen LogP contribution in [0.15, 0.2) is 30.3 Å². The number of rotatable bonds is 5. The Morgan fingerprint density at radius 3 is 2.31 bits per heavy atom. The Balaban J connectivity index is 1.63. The van der Waals surface area contributed by atoms with Crippen LogP contribution in [-0.4, -0.2) is 52.2 Å². The molecule has 1 unspecified atom stereocenters. The van der Waals surface area contributed by atoms with E-state index in [9.17, 15) is 4.79 Å². The van der Waals surface area contributed by atoms with Gasteiger partial charge in [-0.1, -0.05) is 71.9 Å². The van der Waals surface area contributed by atoms with Gasteiger partial charge < -0.3 is 23.1 Å². The van der Waals surface area contributed by atoms with Crippen molar-refractivity contribution in [1.29, 1.82) is 0 Å². The van der Waals surface area contributed by atoms with Gasteiger partial charge in [0.1, 0.15) is 12.2 Å². The van der Waals surface area contributed by atoms with Gasteiger partial charge >= 0.3 is 14.5 Å². The summed E-state index contributed by atoms with van der Waals surface area (Å²) in [7, 11) is -2.70. The summed E-state index contributed by atoms with van der Waals surface area (Å²) in [6.07, 6.45) is -0.949. The molecule has 1 aromatic carbocycles. The van der Waals surface area contributed by atoms with Crippen molar-refractivity contribution in [3.63, 3.8) is 0 Å². The normalized spacial score (nSPS) is 33.7. The van der Waals surface area contributed by atoms with Gasteiger partial charge in [-0.05, 0) is 12.5 Å². The van der Waals surface area contributed by atoms with Crippen molar-refractivity contribution in [2.75, 3.05) is 13.2 Å². The summed E-state index contributed by atoms with van der Waals surface area (Å²) < 4.78 is 31.8. The highest BCUT2D eigenvalue weighted by atomic mass is 28.4. The molecular formula is C25H38O6Si. The molecule has 32 heavy (non-hydrogen) atoms. The van der Waals surface area contributed by atoms with Crippen LogP contribution < -0.4 is 0 Å². The van der Waals surface area contributed by atoms with E-state index in [1.807, 2.05) is 25.1 Å². The molecule has 4 rings (SSSR count). The maximum atomic E-state index is 12.6. The Morgan fingerprint density at radius 2 is 1.72 bits per heavy atom. The molecule has 6 nitrogen and oxygen atoms in total. The zero-order valence-electron chi connectivity index (χ0n) is 20.4. The molecule has 0 radical (unpaired) electrons. The van der Waals surface area contributed by atoms with Gasteiger partial charge in [0, 0.05) is 16.0 Å². The summed E-state index contributed by atoms with van der Waals surface area (Å²) >= 11 is 0. The van der Waals surface area contributed by atoms with E-state index in [2.05, 4.69) is 53.7 Å². The fraction of sp³-hybridized carbons (Fsp3) is 0.720. The Labute approximate surface area is 193 Å². The van der Waals surface area contributed by atoms with Crippen molar-refractivity contribution >= 4 is 14.5 Å². The van der Waals surface area contributed by atoms with Crippen LogP contribution in [0.3, 0.4) is 0 Å².